The lowest BCUT2D eigenvalue weighted by molar-refractivity contribution is 0.0513. The van der Waals surface area contributed by atoms with Crippen LogP contribution in [0.5, 0.6) is 11.5 Å². The van der Waals surface area contributed by atoms with Crippen molar-refractivity contribution in [2.45, 2.75) is 31.7 Å². The fraction of sp³-hybridized carbons (Fsp3) is 0.458. The summed E-state index contributed by atoms with van der Waals surface area (Å²) in [5, 5.41) is 6.78. The molecule has 0 radical (unpaired) electrons. The summed E-state index contributed by atoms with van der Waals surface area (Å²) in [5.41, 5.74) is 1.82. The maximum atomic E-state index is 13.9. The van der Waals surface area contributed by atoms with Gasteiger partial charge in [0.1, 0.15) is 5.82 Å². The van der Waals surface area contributed by atoms with Gasteiger partial charge in [0.25, 0.3) is 0 Å². The standard InChI is InChI=1S/C24H32FN3O3.HI/c1-4-26-23(27-16-18-8-9-21(29-2)22(14-18)30-3)28-17-24(10-12-31-13-11-24)19-6-5-7-20(25)15-19;/h5-9,14-15H,4,10-13,16-17H2,1-3H3,(H2,26,27,28);1H. The summed E-state index contributed by atoms with van der Waals surface area (Å²) in [6.07, 6.45) is 1.66. The van der Waals surface area contributed by atoms with Crippen LogP contribution < -0.4 is 20.1 Å². The molecule has 1 aliphatic rings. The van der Waals surface area contributed by atoms with Crippen molar-refractivity contribution in [3.8, 4) is 11.5 Å². The van der Waals surface area contributed by atoms with Crippen molar-refractivity contribution in [3.63, 3.8) is 0 Å². The number of hydrogen-bond acceptors (Lipinski definition) is 4. The molecule has 0 spiro atoms. The van der Waals surface area contributed by atoms with E-state index >= 15 is 0 Å². The zero-order chi connectivity index (χ0) is 22.1. The van der Waals surface area contributed by atoms with E-state index in [1.54, 1.807) is 26.4 Å². The molecule has 6 nitrogen and oxygen atoms in total. The Kier molecular flexibility index (Phi) is 10.5. The third-order valence-electron chi connectivity index (χ3n) is 5.69. The molecule has 176 valence electrons. The van der Waals surface area contributed by atoms with Crippen LogP contribution in [0, 0.1) is 5.82 Å². The van der Waals surface area contributed by atoms with Crippen LogP contribution in [0.4, 0.5) is 4.39 Å². The molecule has 1 aliphatic heterocycles. The molecule has 0 atom stereocenters. The molecule has 1 fully saturated rings. The quantitative estimate of drug-likeness (QED) is 0.289. The monoisotopic (exact) mass is 557 g/mol. The molecule has 0 amide bonds. The first kappa shape index (κ1) is 26.2. The first-order valence-electron chi connectivity index (χ1n) is 10.7. The zero-order valence-electron chi connectivity index (χ0n) is 18.9. The lowest BCUT2D eigenvalue weighted by atomic mass is 9.74. The van der Waals surface area contributed by atoms with Crippen LogP contribution in [-0.2, 0) is 16.7 Å². The molecule has 0 saturated carbocycles. The summed E-state index contributed by atoms with van der Waals surface area (Å²) in [4.78, 5) is 4.73. The normalized spacial score (nSPS) is 15.4. The van der Waals surface area contributed by atoms with E-state index in [2.05, 4.69) is 10.6 Å². The number of methoxy groups -OCH3 is 2. The molecule has 0 bridgehead atoms. The van der Waals surface area contributed by atoms with Crippen molar-refractivity contribution < 1.29 is 18.6 Å². The van der Waals surface area contributed by atoms with Crippen molar-refractivity contribution in [1.82, 2.24) is 10.6 Å². The van der Waals surface area contributed by atoms with Gasteiger partial charge in [-0.25, -0.2) is 9.38 Å². The van der Waals surface area contributed by atoms with Crippen molar-refractivity contribution in [2.24, 2.45) is 4.99 Å². The largest absolute Gasteiger partial charge is 0.493 e. The second kappa shape index (κ2) is 12.8. The molecule has 32 heavy (non-hydrogen) atoms. The number of hydrogen-bond donors (Lipinski definition) is 2. The smallest absolute Gasteiger partial charge is 0.191 e. The SMILES string of the molecule is CCNC(=NCc1ccc(OC)c(OC)c1)NCC1(c2cccc(F)c2)CCOCC1.I. The second-order valence-electron chi connectivity index (χ2n) is 7.64. The van der Waals surface area contributed by atoms with Crippen LogP contribution in [0.2, 0.25) is 0 Å². The maximum Gasteiger partial charge on any atom is 0.191 e. The van der Waals surface area contributed by atoms with Crippen LogP contribution in [0.3, 0.4) is 0 Å². The van der Waals surface area contributed by atoms with Gasteiger partial charge in [-0.1, -0.05) is 18.2 Å². The fourth-order valence-electron chi connectivity index (χ4n) is 3.89. The highest BCUT2D eigenvalue weighted by Gasteiger charge is 2.35. The van der Waals surface area contributed by atoms with Gasteiger partial charge in [0, 0.05) is 31.7 Å². The third-order valence-corrected chi connectivity index (χ3v) is 5.69. The minimum atomic E-state index is -0.211. The van der Waals surface area contributed by atoms with Gasteiger partial charge in [-0.2, -0.15) is 0 Å². The Morgan fingerprint density at radius 1 is 1.06 bits per heavy atom. The van der Waals surface area contributed by atoms with Crippen molar-refractivity contribution in [2.75, 3.05) is 40.5 Å². The third kappa shape index (κ3) is 6.71. The molecular formula is C24H33FIN3O3. The first-order valence-corrected chi connectivity index (χ1v) is 10.7. The highest BCUT2D eigenvalue weighted by atomic mass is 127. The minimum absolute atomic E-state index is 0. The van der Waals surface area contributed by atoms with Crippen LogP contribution >= 0.6 is 24.0 Å². The van der Waals surface area contributed by atoms with E-state index in [-0.39, 0.29) is 35.2 Å². The Morgan fingerprint density at radius 2 is 1.81 bits per heavy atom. The lowest BCUT2D eigenvalue weighted by Gasteiger charge is -2.38. The number of halogens is 2. The Labute approximate surface area is 207 Å². The summed E-state index contributed by atoms with van der Waals surface area (Å²) < 4.78 is 30.2. The van der Waals surface area contributed by atoms with Crippen LogP contribution in [0.15, 0.2) is 47.5 Å². The summed E-state index contributed by atoms with van der Waals surface area (Å²) in [6.45, 7) is 5.25. The van der Waals surface area contributed by atoms with E-state index in [0.29, 0.717) is 37.8 Å². The Hall–Kier alpha value is -2.07. The van der Waals surface area contributed by atoms with Crippen molar-refractivity contribution >= 4 is 29.9 Å². The Morgan fingerprint density at radius 3 is 2.47 bits per heavy atom. The Bertz CT molecular complexity index is 889. The predicted octanol–water partition coefficient (Wildman–Crippen LogP) is 4.26. The van der Waals surface area contributed by atoms with E-state index < -0.39 is 0 Å². The molecule has 0 unspecified atom stereocenters. The number of guanidine groups is 1. The fourth-order valence-corrected chi connectivity index (χ4v) is 3.89. The minimum Gasteiger partial charge on any atom is -0.493 e. The number of ether oxygens (including phenoxy) is 3. The van der Waals surface area contributed by atoms with Gasteiger partial charge < -0.3 is 24.8 Å². The summed E-state index contributed by atoms with van der Waals surface area (Å²) in [7, 11) is 3.24. The molecule has 8 heteroatoms. The molecular weight excluding hydrogens is 524 g/mol. The van der Waals surface area contributed by atoms with Gasteiger partial charge in [0.15, 0.2) is 17.5 Å². The lowest BCUT2D eigenvalue weighted by Crippen LogP contribution is -2.48. The van der Waals surface area contributed by atoms with Crippen LogP contribution in [0.1, 0.15) is 30.9 Å². The van der Waals surface area contributed by atoms with E-state index in [1.165, 1.54) is 6.07 Å². The Balaban J connectivity index is 0.00000363. The van der Waals surface area contributed by atoms with E-state index in [0.717, 1.165) is 36.5 Å². The van der Waals surface area contributed by atoms with Gasteiger partial charge in [-0.3, -0.25) is 0 Å². The number of nitrogens with zero attached hydrogens (tertiary/aromatic N) is 1. The molecule has 2 N–H and O–H groups in total. The van der Waals surface area contributed by atoms with Gasteiger partial charge in [0.2, 0.25) is 0 Å². The van der Waals surface area contributed by atoms with Gasteiger partial charge in [-0.15, -0.1) is 24.0 Å². The van der Waals surface area contributed by atoms with E-state index in [1.807, 2.05) is 31.2 Å². The summed E-state index contributed by atoms with van der Waals surface area (Å²) in [6, 6.07) is 12.7. The predicted molar refractivity (Wildman–Crippen MR) is 136 cm³/mol. The average Bonchev–Trinajstić information content (AvgIpc) is 2.81. The molecule has 1 saturated heterocycles. The number of nitrogens with one attached hydrogen (secondary N) is 2. The van der Waals surface area contributed by atoms with Gasteiger partial charge in [0.05, 0.1) is 20.8 Å². The maximum absolute atomic E-state index is 13.9. The molecule has 1 heterocycles. The molecule has 2 aromatic rings. The van der Waals surface area contributed by atoms with E-state index in [9.17, 15) is 4.39 Å². The average molecular weight is 557 g/mol. The zero-order valence-corrected chi connectivity index (χ0v) is 21.3. The second-order valence-corrected chi connectivity index (χ2v) is 7.64. The molecule has 3 rings (SSSR count). The molecule has 2 aromatic carbocycles. The number of benzene rings is 2. The number of rotatable bonds is 8. The number of aliphatic imine (C=N–C) groups is 1. The highest BCUT2D eigenvalue weighted by molar-refractivity contribution is 14.0. The highest BCUT2D eigenvalue weighted by Crippen LogP contribution is 2.34. The van der Waals surface area contributed by atoms with Crippen LogP contribution in [0.25, 0.3) is 0 Å². The summed E-state index contributed by atoms with van der Waals surface area (Å²) >= 11 is 0. The summed E-state index contributed by atoms with van der Waals surface area (Å²) in [5.74, 6) is 1.88. The van der Waals surface area contributed by atoms with E-state index in [4.69, 9.17) is 19.2 Å². The van der Waals surface area contributed by atoms with Gasteiger partial charge >= 0.3 is 0 Å². The molecule has 0 aliphatic carbocycles. The van der Waals surface area contributed by atoms with Crippen molar-refractivity contribution in [1.29, 1.82) is 0 Å². The van der Waals surface area contributed by atoms with Crippen molar-refractivity contribution in [3.05, 3.63) is 59.4 Å². The molecule has 0 aromatic heterocycles. The van der Waals surface area contributed by atoms with Crippen LogP contribution in [-0.4, -0.2) is 46.5 Å². The first-order chi connectivity index (χ1) is 15.1. The van der Waals surface area contributed by atoms with Gasteiger partial charge in [-0.05, 0) is 55.2 Å². The topological polar surface area (TPSA) is 64.1 Å².